The summed E-state index contributed by atoms with van der Waals surface area (Å²) in [5.74, 6) is 0. The normalized spacial score (nSPS) is 10.2. The Hall–Kier alpha value is 0.210. The summed E-state index contributed by atoms with van der Waals surface area (Å²) in [5.41, 5.74) is 0. The van der Waals surface area contributed by atoms with Crippen molar-refractivity contribution >= 4 is 42.7 Å². The summed E-state index contributed by atoms with van der Waals surface area (Å²) in [6, 6.07) is 8.52. The second-order valence-electron chi connectivity index (χ2n) is 2.45. The molecule has 0 saturated heterocycles. The molecular weight excluding hydrogens is 156 g/mol. The first kappa shape index (κ1) is 8.31. The van der Waals surface area contributed by atoms with Crippen LogP contribution in [0.4, 0.5) is 0 Å². The van der Waals surface area contributed by atoms with Crippen LogP contribution in [0.1, 0.15) is 0 Å². The molecular formula is C6H10B2P2. The first-order chi connectivity index (χ1) is 4.72. The Morgan fingerprint density at radius 3 is 2.20 bits per heavy atom. The van der Waals surface area contributed by atoms with Gasteiger partial charge in [-0.25, -0.2) is 0 Å². The number of benzene rings is 1. The van der Waals surface area contributed by atoms with Crippen LogP contribution in [0.3, 0.4) is 0 Å². The van der Waals surface area contributed by atoms with Crippen molar-refractivity contribution in [2.24, 2.45) is 0 Å². The minimum atomic E-state index is 0.0628. The van der Waals surface area contributed by atoms with E-state index in [4.69, 9.17) is 0 Å². The Morgan fingerprint density at radius 1 is 1.20 bits per heavy atom. The lowest BCUT2D eigenvalue weighted by Gasteiger charge is -2.08. The Labute approximate surface area is 67.5 Å². The molecule has 0 bridgehead atoms. The van der Waals surface area contributed by atoms with Crippen LogP contribution >= 0.6 is 16.9 Å². The smallest absolute Gasteiger partial charge is 0.128 e. The van der Waals surface area contributed by atoms with E-state index in [1.54, 1.807) is 0 Å². The van der Waals surface area contributed by atoms with E-state index in [9.17, 15) is 0 Å². The predicted octanol–water partition coefficient (Wildman–Crippen LogP) is -0.610. The molecule has 1 rings (SSSR count). The van der Waals surface area contributed by atoms with Gasteiger partial charge in [-0.3, -0.25) is 0 Å². The molecule has 0 aliphatic heterocycles. The van der Waals surface area contributed by atoms with Crippen molar-refractivity contribution in [1.29, 1.82) is 0 Å². The van der Waals surface area contributed by atoms with Gasteiger partial charge in [0, 0.05) is 0 Å². The maximum atomic E-state index is 2.77. The van der Waals surface area contributed by atoms with Gasteiger partial charge in [-0.2, -0.15) is 7.68 Å². The van der Waals surface area contributed by atoms with Gasteiger partial charge in [0.1, 0.15) is 15.1 Å². The standard InChI is InChI=1S/C6H10B2P2/c7-10(8)6-4-2-1-3-5(6)9/h1-4H,7-9H2. The van der Waals surface area contributed by atoms with Gasteiger partial charge in [-0.15, -0.1) is 9.24 Å². The van der Waals surface area contributed by atoms with E-state index in [-0.39, 0.29) is 7.68 Å². The molecule has 4 heteroatoms. The highest BCUT2D eigenvalue weighted by molar-refractivity contribution is 8.06. The summed E-state index contributed by atoms with van der Waals surface area (Å²) in [5, 5.41) is 2.83. The van der Waals surface area contributed by atoms with Gasteiger partial charge in [-0.05, 0) is 10.6 Å². The van der Waals surface area contributed by atoms with Crippen LogP contribution in [-0.4, -0.2) is 15.1 Å². The van der Waals surface area contributed by atoms with Crippen molar-refractivity contribution in [2.45, 2.75) is 0 Å². The molecule has 1 atom stereocenters. The summed E-state index contributed by atoms with van der Waals surface area (Å²) in [7, 11) is 7.39. The van der Waals surface area contributed by atoms with E-state index in [2.05, 4.69) is 48.6 Å². The van der Waals surface area contributed by atoms with Crippen molar-refractivity contribution in [3.8, 4) is 0 Å². The molecule has 0 aliphatic rings. The average Bonchev–Trinajstić information content (AvgIpc) is 1.88. The van der Waals surface area contributed by atoms with Crippen molar-refractivity contribution in [3.63, 3.8) is 0 Å². The van der Waals surface area contributed by atoms with Crippen LogP contribution in [0.25, 0.3) is 0 Å². The zero-order chi connectivity index (χ0) is 7.56. The van der Waals surface area contributed by atoms with Gasteiger partial charge in [0.25, 0.3) is 0 Å². The van der Waals surface area contributed by atoms with Gasteiger partial charge in [-0.1, -0.05) is 24.3 Å². The van der Waals surface area contributed by atoms with Gasteiger partial charge < -0.3 is 0 Å². The third-order valence-corrected chi connectivity index (χ3v) is 3.54. The molecule has 0 fully saturated rings. The SMILES string of the molecule is BP(B)c1ccccc1P. The van der Waals surface area contributed by atoms with Crippen molar-refractivity contribution in [1.82, 2.24) is 0 Å². The summed E-state index contributed by atoms with van der Waals surface area (Å²) in [4.78, 5) is 0. The van der Waals surface area contributed by atoms with E-state index in [1.165, 1.54) is 10.6 Å². The summed E-state index contributed by atoms with van der Waals surface area (Å²) < 4.78 is 0. The second-order valence-corrected chi connectivity index (χ2v) is 5.35. The Balaban J connectivity index is 3.03. The molecule has 0 heterocycles. The van der Waals surface area contributed by atoms with Crippen LogP contribution in [0, 0.1) is 0 Å². The van der Waals surface area contributed by atoms with Crippen LogP contribution < -0.4 is 10.6 Å². The van der Waals surface area contributed by atoms with Crippen molar-refractivity contribution < 1.29 is 0 Å². The minimum Gasteiger partial charge on any atom is -0.157 e. The second kappa shape index (κ2) is 3.56. The number of hydrogen-bond acceptors (Lipinski definition) is 0. The summed E-state index contributed by atoms with van der Waals surface area (Å²) >= 11 is 0. The molecule has 0 spiro atoms. The molecule has 1 unspecified atom stereocenters. The van der Waals surface area contributed by atoms with E-state index in [0.717, 1.165) is 0 Å². The Kier molecular flexibility index (Phi) is 2.96. The predicted molar refractivity (Wildman–Crippen MR) is 59.4 cm³/mol. The van der Waals surface area contributed by atoms with E-state index in [1.807, 2.05) is 0 Å². The zero-order valence-corrected chi connectivity index (χ0v) is 8.38. The zero-order valence-electron chi connectivity index (χ0n) is 6.33. The lowest BCUT2D eigenvalue weighted by Crippen LogP contribution is -2.15. The van der Waals surface area contributed by atoms with Crippen LogP contribution in [0.5, 0.6) is 0 Å². The van der Waals surface area contributed by atoms with E-state index in [0.29, 0.717) is 0 Å². The maximum absolute atomic E-state index is 2.77. The lowest BCUT2D eigenvalue weighted by molar-refractivity contribution is 1.83. The highest BCUT2D eigenvalue weighted by Gasteiger charge is 1.98. The topological polar surface area (TPSA) is 0 Å². The molecule has 50 valence electrons. The molecule has 0 aliphatic carbocycles. The van der Waals surface area contributed by atoms with Crippen LogP contribution in [-0.2, 0) is 0 Å². The molecule has 0 radical (unpaired) electrons. The van der Waals surface area contributed by atoms with Crippen molar-refractivity contribution in [2.75, 3.05) is 0 Å². The Bertz CT molecular complexity index is 225. The first-order valence-electron chi connectivity index (χ1n) is 3.23. The monoisotopic (exact) mass is 166 g/mol. The van der Waals surface area contributed by atoms with Crippen LogP contribution in [0.2, 0.25) is 0 Å². The van der Waals surface area contributed by atoms with Crippen LogP contribution in [0.15, 0.2) is 24.3 Å². The lowest BCUT2D eigenvalue weighted by atomic mass is 10.4. The average molecular weight is 166 g/mol. The van der Waals surface area contributed by atoms with Gasteiger partial charge in [0.2, 0.25) is 0 Å². The quantitative estimate of drug-likeness (QED) is 0.385. The fourth-order valence-corrected chi connectivity index (χ4v) is 2.85. The van der Waals surface area contributed by atoms with E-state index < -0.39 is 0 Å². The fourth-order valence-electron chi connectivity index (χ4n) is 0.895. The first-order valence-corrected chi connectivity index (χ1v) is 6.05. The van der Waals surface area contributed by atoms with E-state index >= 15 is 0 Å². The Morgan fingerprint density at radius 2 is 1.80 bits per heavy atom. The molecule has 0 N–H and O–H groups in total. The van der Waals surface area contributed by atoms with Gasteiger partial charge in [0.15, 0.2) is 0 Å². The summed E-state index contributed by atoms with van der Waals surface area (Å²) in [6.07, 6.45) is 0. The molecule has 0 amide bonds. The molecule has 1 aromatic rings. The molecule has 0 aromatic heterocycles. The molecule has 1 aromatic carbocycles. The fraction of sp³-hybridized carbons (Fsp3) is 0. The minimum absolute atomic E-state index is 0.0628. The van der Waals surface area contributed by atoms with Gasteiger partial charge in [0.05, 0.1) is 0 Å². The highest BCUT2D eigenvalue weighted by atomic mass is 31.1. The molecule has 10 heavy (non-hydrogen) atoms. The highest BCUT2D eigenvalue weighted by Crippen LogP contribution is 2.19. The number of hydrogen-bond donors (Lipinski definition) is 0. The summed E-state index contributed by atoms with van der Waals surface area (Å²) in [6.45, 7) is 0. The number of rotatable bonds is 1. The van der Waals surface area contributed by atoms with Crippen molar-refractivity contribution in [3.05, 3.63) is 24.3 Å². The molecule has 0 nitrogen and oxygen atoms in total. The maximum Gasteiger partial charge on any atom is 0.128 e. The third kappa shape index (κ3) is 1.84. The van der Waals surface area contributed by atoms with Gasteiger partial charge >= 0.3 is 0 Å². The molecule has 0 saturated carbocycles. The largest absolute Gasteiger partial charge is 0.157 e. The third-order valence-electron chi connectivity index (χ3n) is 1.42.